The van der Waals surface area contributed by atoms with E-state index in [1.54, 1.807) is 77.1 Å². The fourth-order valence-electron chi connectivity index (χ4n) is 4.67. The van der Waals surface area contributed by atoms with Gasteiger partial charge in [-0.15, -0.1) is 0 Å². The molecule has 2 aromatic rings. The molecule has 0 unspecified atom stereocenters. The van der Waals surface area contributed by atoms with Gasteiger partial charge in [0.2, 0.25) is 23.6 Å². The van der Waals surface area contributed by atoms with Crippen LogP contribution in [0, 0.1) is 0 Å². The number of aromatic hydroxyl groups is 1. The van der Waals surface area contributed by atoms with Gasteiger partial charge in [-0.05, 0) is 51.0 Å². The Bertz CT molecular complexity index is 1390. The normalized spacial score (nSPS) is 23.7. The number of amides is 4. The molecule has 0 saturated carbocycles. The second kappa shape index (κ2) is 15.0. The van der Waals surface area contributed by atoms with Gasteiger partial charge >= 0.3 is 5.97 Å². The summed E-state index contributed by atoms with van der Waals surface area (Å²) in [6.07, 6.45) is 0.0871. The topological polar surface area (TPSA) is 200 Å². The molecule has 1 aliphatic heterocycles. The van der Waals surface area contributed by atoms with Gasteiger partial charge in [-0.3, -0.25) is 19.2 Å². The maximum Gasteiger partial charge on any atom is 0.327 e. The van der Waals surface area contributed by atoms with Gasteiger partial charge in [-0.1, -0.05) is 71.0 Å². The van der Waals surface area contributed by atoms with Gasteiger partial charge < -0.3 is 37.2 Å². The van der Waals surface area contributed by atoms with E-state index in [1.165, 1.54) is 22.9 Å². The molecule has 5 atom stereocenters. The van der Waals surface area contributed by atoms with Gasteiger partial charge in [-0.25, -0.2) is 4.79 Å². The maximum absolute atomic E-state index is 13.6. The molecule has 1 aliphatic rings. The van der Waals surface area contributed by atoms with Crippen molar-refractivity contribution in [2.75, 3.05) is 6.54 Å². The fraction of sp³-hybridized carbons (Fsp3) is 0.452. The lowest BCUT2D eigenvalue weighted by atomic mass is 9.92. The summed E-state index contributed by atoms with van der Waals surface area (Å²) in [6, 6.07) is 10.5. The minimum absolute atomic E-state index is 0.0692. The molecule has 0 radical (unpaired) electrons. The molecular weight excluding hydrogens is 619 g/mol. The van der Waals surface area contributed by atoms with Crippen molar-refractivity contribution in [1.82, 2.24) is 21.3 Å². The van der Waals surface area contributed by atoms with Crippen molar-refractivity contribution >= 4 is 51.2 Å². The Balaban J connectivity index is 1.90. The Labute approximate surface area is 270 Å². The summed E-state index contributed by atoms with van der Waals surface area (Å²) in [4.78, 5) is 65.8. The molecule has 0 bridgehead atoms. The fourth-order valence-corrected chi connectivity index (χ4v) is 7.48. The molecule has 3 rings (SSSR count). The summed E-state index contributed by atoms with van der Waals surface area (Å²) < 4.78 is -2.16. The monoisotopic (exact) mass is 659 g/mol. The number of hydrogen-bond donors (Lipinski definition) is 7. The SMILES string of the molecule is C[C@@H](c1ccc(O)cc1)[C@H](N)C(=O)N[C@H]1C(=O)NCC(=O)N[C@@H](Cc2ccccc2)C(=O)N[C@@H](C(=O)O)C(C)(C)SSC1(C)C. The molecule has 4 amide bonds. The number of nitrogens with one attached hydrogen (secondary N) is 4. The maximum atomic E-state index is 13.6. The average Bonchev–Trinajstić information content (AvgIpc) is 2.99. The van der Waals surface area contributed by atoms with Crippen LogP contribution < -0.4 is 27.0 Å². The minimum Gasteiger partial charge on any atom is -0.508 e. The average molecular weight is 660 g/mol. The largest absolute Gasteiger partial charge is 0.508 e. The van der Waals surface area contributed by atoms with Crippen LogP contribution in [-0.4, -0.2) is 80.0 Å². The van der Waals surface area contributed by atoms with Gasteiger partial charge in [0.15, 0.2) is 0 Å². The molecule has 0 aromatic heterocycles. The number of carbonyl (C=O) groups excluding carboxylic acids is 4. The van der Waals surface area contributed by atoms with E-state index in [0.717, 1.165) is 16.4 Å². The van der Waals surface area contributed by atoms with Crippen molar-refractivity contribution in [1.29, 1.82) is 0 Å². The Kier molecular flexibility index (Phi) is 11.9. The first-order chi connectivity index (χ1) is 21.0. The third-order valence-corrected chi connectivity index (χ3v) is 11.8. The van der Waals surface area contributed by atoms with Crippen LogP contribution in [0.15, 0.2) is 54.6 Å². The highest BCUT2D eigenvalue weighted by Gasteiger charge is 2.44. The standard InChI is InChI=1S/C31H41N5O7S2/c1-17(19-11-13-20(37)14-12-19)23(32)27(40)35-24-28(41)33-16-22(38)34-21(15-18-9-7-6-8-10-18)26(39)36-25(29(42)43)31(4,5)45-44-30(24,2)3/h6-14,17,21,23-25,37H,15-16,32H2,1-5H3,(H,33,41)(H,34,38)(H,35,40)(H,36,39)(H,42,43)/t17-,21-,23-,24-,25-/m0/s1. The van der Waals surface area contributed by atoms with Crippen LogP contribution >= 0.6 is 21.6 Å². The smallest absolute Gasteiger partial charge is 0.327 e. The van der Waals surface area contributed by atoms with Crippen molar-refractivity contribution in [3.63, 3.8) is 0 Å². The summed E-state index contributed by atoms with van der Waals surface area (Å²) in [6.45, 7) is 7.96. The minimum atomic E-state index is -1.36. The van der Waals surface area contributed by atoms with E-state index < -0.39 is 75.7 Å². The zero-order chi connectivity index (χ0) is 33.5. The highest BCUT2D eigenvalue weighted by atomic mass is 33.1. The van der Waals surface area contributed by atoms with Crippen LogP contribution in [0.1, 0.15) is 51.7 Å². The number of carbonyl (C=O) groups is 5. The summed E-state index contributed by atoms with van der Waals surface area (Å²) in [5.74, 6) is -4.29. The number of hydrogen-bond acceptors (Lipinski definition) is 9. The Morgan fingerprint density at radius 1 is 0.956 bits per heavy atom. The van der Waals surface area contributed by atoms with E-state index in [1.807, 2.05) is 0 Å². The van der Waals surface area contributed by atoms with E-state index in [0.29, 0.717) is 5.56 Å². The summed E-state index contributed by atoms with van der Waals surface area (Å²) in [5.41, 5.74) is 7.76. The van der Waals surface area contributed by atoms with Crippen LogP contribution in [0.4, 0.5) is 0 Å². The first-order valence-corrected chi connectivity index (χ1v) is 16.5. The zero-order valence-corrected chi connectivity index (χ0v) is 27.5. The number of aliphatic carboxylic acids is 1. The summed E-state index contributed by atoms with van der Waals surface area (Å²) in [5, 5.41) is 30.3. The molecule has 244 valence electrons. The van der Waals surface area contributed by atoms with E-state index in [-0.39, 0.29) is 12.2 Å². The first kappa shape index (κ1) is 35.7. The Morgan fingerprint density at radius 2 is 1.56 bits per heavy atom. The van der Waals surface area contributed by atoms with Crippen molar-refractivity contribution in [2.45, 2.75) is 80.6 Å². The molecule has 0 aliphatic carbocycles. The molecule has 0 spiro atoms. The summed E-state index contributed by atoms with van der Waals surface area (Å²) in [7, 11) is 2.32. The molecule has 2 aromatic carbocycles. The lowest BCUT2D eigenvalue weighted by Gasteiger charge is -2.38. The molecule has 8 N–H and O–H groups in total. The second-order valence-electron chi connectivity index (χ2n) is 12.0. The van der Waals surface area contributed by atoms with Crippen molar-refractivity contribution in [3.8, 4) is 5.75 Å². The third-order valence-electron chi connectivity index (χ3n) is 7.56. The van der Waals surface area contributed by atoms with Crippen molar-refractivity contribution in [2.24, 2.45) is 5.73 Å². The number of nitrogens with two attached hydrogens (primary N) is 1. The van der Waals surface area contributed by atoms with Gasteiger partial charge in [0.05, 0.1) is 17.3 Å². The van der Waals surface area contributed by atoms with Gasteiger partial charge in [0.1, 0.15) is 23.9 Å². The lowest BCUT2D eigenvalue weighted by Crippen LogP contribution is -2.62. The quantitative estimate of drug-likeness (QED) is 0.215. The molecule has 12 nitrogen and oxygen atoms in total. The number of carboxylic acids is 1. The lowest BCUT2D eigenvalue weighted by molar-refractivity contribution is -0.143. The predicted molar refractivity (Wildman–Crippen MR) is 174 cm³/mol. The molecule has 1 fully saturated rings. The van der Waals surface area contributed by atoms with Crippen LogP contribution in [0.5, 0.6) is 5.75 Å². The van der Waals surface area contributed by atoms with Crippen LogP contribution in [0.25, 0.3) is 0 Å². The summed E-state index contributed by atoms with van der Waals surface area (Å²) >= 11 is 0. The van der Waals surface area contributed by atoms with E-state index >= 15 is 0 Å². The van der Waals surface area contributed by atoms with E-state index in [9.17, 15) is 34.2 Å². The predicted octanol–water partition coefficient (Wildman–Crippen LogP) is 1.67. The van der Waals surface area contributed by atoms with Gasteiger partial charge in [0.25, 0.3) is 0 Å². The third kappa shape index (κ3) is 9.62. The number of phenols is 1. The van der Waals surface area contributed by atoms with Gasteiger partial charge in [-0.2, -0.15) is 0 Å². The highest BCUT2D eigenvalue weighted by Crippen LogP contribution is 2.46. The molecule has 1 heterocycles. The zero-order valence-electron chi connectivity index (χ0n) is 25.8. The number of benzene rings is 2. The first-order valence-electron chi connectivity index (χ1n) is 14.4. The second-order valence-corrected chi connectivity index (χ2v) is 15.5. The van der Waals surface area contributed by atoms with Crippen molar-refractivity contribution in [3.05, 3.63) is 65.7 Å². The van der Waals surface area contributed by atoms with E-state index in [2.05, 4.69) is 21.3 Å². The molecule has 14 heteroatoms. The Morgan fingerprint density at radius 3 is 2.16 bits per heavy atom. The van der Waals surface area contributed by atoms with Crippen molar-refractivity contribution < 1.29 is 34.2 Å². The molecule has 1 saturated heterocycles. The van der Waals surface area contributed by atoms with Gasteiger partial charge in [0, 0.05) is 17.1 Å². The molecule has 45 heavy (non-hydrogen) atoms. The Hall–Kier alpha value is -3.75. The number of carboxylic acid groups (broad SMARTS) is 1. The number of rotatable bonds is 7. The van der Waals surface area contributed by atoms with Crippen LogP contribution in [-0.2, 0) is 30.4 Å². The molecular formula is C31H41N5O7S2. The van der Waals surface area contributed by atoms with Crippen LogP contribution in [0.2, 0.25) is 0 Å². The van der Waals surface area contributed by atoms with E-state index in [4.69, 9.17) is 5.73 Å². The highest BCUT2D eigenvalue weighted by molar-refractivity contribution is 8.77. The number of phenolic OH excluding ortho intramolecular Hbond substituents is 1. The van der Waals surface area contributed by atoms with Crippen LogP contribution in [0.3, 0.4) is 0 Å².